The number of hydrogen-bond acceptors (Lipinski definition) is 4. The maximum atomic E-state index is 12.8. The predicted molar refractivity (Wildman–Crippen MR) is 103 cm³/mol. The number of fused-ring (bicyclic) bond motifs is 1. The van der Waals surface area contributed by atoms with E-state index in [2.05, 4.69) is 0 Å². The summed E-state index contributed by atoms with van der Waals surface area (Å²) in [6.45, 7) is 6.53. The molecule has 0 amide bonds. The number of unbranched alkanes of at least 4 members (excludes halogenated alkanes) is 1. The van der Waals surface area contributed by atoms with Gasteiger partial charge in [-0.2, -0.15) is 0 Å². The molecule has 2 heterocycles. The number of carbonyl (C=O) groups excluding carboxylic acids is 1. The van der Waals surface area contributed by atoms with E-state index in [1.54, 1.807) is 4.31 Å². The number of halogens is 1. The zero-order valence-electron chi connectivity index (χ0n) is 15.6. The van der Waals surface area contributed by atoms with Crippen LogP contribution in [0.4, 0.5) is 0 Å². The highest BCUT2D eigenvalue weighted by atomic mass is 35.5. The molecule has 1 aromatic carbocycles. The summed E-state index contributed by atoms with van der Waals surface area (Å²) in [5.41, 5.74) is 1.62. The second-order valence-electron chi connectivity index (χ2n) is 7.46. The number of ketones is 1. The summed E-state index contributed by atoms with van der Waals surface area (Å²) in [6.07, 6.45) is 2.87. The fourth-order valence-corrected chi connectivity index (χ4v) is 5.71. The van der Waals surface area contributed by atoms with E-state index in [0.717, 1.165) is 17.5 Å². The average molecular weight is 400 g/mol. The maximum absolute atomic E-state index is 12.8. The molecule has 5 nitrogen and oxygen atoms in total. The summed E-state index contributed by atoms with van der Waals surface area (Å²) in [6, 6.07) is 1.83. The molecule has 0 N–H and O–H groups in total. The molecule has 2 aliphatic heterocycles. The summed E-state index contributed by atoms with van der Waals surface area (Å²) in [5.74, 6) is 0.812. The lowest BCUT2D eigenvalue weighted by Crippen LogP contribution is -2.52. The topological polar surface area (TPSA) is 63.7 Å². The highest BCUT2D eigenvalue weighted by Gasteiger charge is 2.45. The second kappa shape index (κ2) is 7.13. The summed E-state index contributed by atoms with van der Waals surface area (Å²) < 4.78 is 32.7. The van der Waals surface area contributed by atoms with Gasteiger partial charge >= 0.3 is 0 Å². The molecule has 0 bridgehead atoms. The van der Waals surface area contributed by atoms with Crippen LogP contribution in [0.15, 0.2) is 6.07 Å². The number of aryl methyl sites for hydroxylation is 1. The molecule has 1 spiro atoms. The van der Waals surface area contributed by atoms with Crippen LogP contribution in [-0.2, 0) is 10.0 Å². The molecular formula is C19H26ClNO4S. The Hall–Kier alpha value is -1.11. The van der Waals surface area contributed by atoms with Gasteiger partial charge in [-0.05, 0) is 37.5 Å². The smallest absolute Gasteiger partial charge is 0.214 e. The van der Waals surface area contributed by atoms with Gasteiger partial charge in [0, 0.05) is 31.0 Å². The monoisotopic (exact) mass is 399 g/mol. The van der Waals surface area contributed by atoms with Crippen LogP contribution in [0.5, 0.6) is 5.75 Å². The van der Waals surface area contributed by atoms with Gasteiger partial charge in [-0.25, -0.2) is 12.7 Å². The minimum Gasteiger partial charge on any atom is -0.486 e. The van der Waals surface area contributed by atoms with E-state index in [1.165, 1.54) is 0 Å². The number of Topliss-reactive ketones (excluding diaryl/α,β-unsaturated/α-hetero) is 1. The number of ether oxygens (including phenoxy) is 1. The molecule has 0 radical (unpaired) electrons. The number of hydrogen-bond donors (Lipinski definition) is 0. The van der Waals surface area contributed by atoms with Gasteiger partial charge in [0.15, 0.2) is 5.78 Å². The van der Waals surface area contributed by atoms with Crippen LogP contribution >= 0.6 is 11.6 Å². The Balaban J connectivity index is 1.80. The van der Waals surface area contributed by atoms with Crippen LogP contribution in [-0.4, -0.2) is 42.9 Å². The molecule has 3 rings (SSSR count). The second-order valence-corrected chi connectivity index (χ2v) is 9.93. The van der Waals surface area contributed by atoms with Crippen molar-refractivity contribution in [1.29, 1.82) is 0 Å². The third-order valence-electron chi connectivity index (χ3n) is 5.52. The molecule has 0 aromatic heterocycles. The fourth-order valence-electron chi connectivity index (χ4n) is 3.91. The molecule has 1 fully saturated rings. The molecule has 1 saturated heterocycles. The van der Waals surface area contributed by atoms with E-state index >= 15 is 0 Å². The minimum atomic E-state index is -3.22. The Kier molecular flexibility index (Phi) is 5.39. The first-order chi connectivity index (χ1) is 12.2. The van der Waals surface area contributed by atoms with E-state index in [4.69, 9.17) is 16.3 Å². The van der Waals surface area contributed by atoms with Crippen molar-refractivity contribution in [3.8, 4) is 5.75 Å². The van der Waals surface area contributed by atoms with Crippen molar-refractivity contribution in [1.82, 2.24) is 4.31 Å². The van der Waals surface area contributed by atoms with Crippen LogP contribution in [0.1, 0.15) is 60.5 Å². The Morgan fingerprint density at radius 3 is 2.54 bits per heavy atom. The Morgan fingerprint density at radius 1 is 1.27 bits per heavy atom. The molecule has 0 atom stereocenters. The number of sulfonamides is 1. The van der Waals surface area contributed by atoms with Gasteiger partial charge < -0.3 is 4.74 Å². The average Bonchev–Trinajstić information content (AvgIpc) is 2.58. The van der Waals surface area contributed by atoms with Crippen LogP contribution in [0.2, 0.25) is 5.02 Å². The summed E-state index contributed by atoms with van der Waals surface area (Å²) in [7, 11) is -3.22. The minimum absolute atomic E-state index is 0.0351. The van der Waals surface area contributed by atoms with Gasteiger partial charge in [0.25, 0.3) is 0 Å². The number of benzene rings is 1. The van der Waals surface area contributed by atoms with Gasteiger partial charge in [-0.3, -0.25) is 4.79 Å². The number of piperidine rings is 1. The van der Waals surface area contributed by atoms with Crippen molar-refractivity contribution < 1.29 is 17.9 Å². The van der Waals surface area contributed by atoms with Crippen LogP contribution < -0.4 is 4.74 Å². The summed E-state index contributed by atoms with van der Waals surface area (Å²) in [5, 5.41) is 0.605. The van der Waals surface area contributed by atoms with Gasteiger partial charge in [0.05, 0.1) is 17.7 Å². The van der Waals surface area contributed by atoms with Crippen molar-refractivity contribution in [2.24, 2.45) is 0 Å². The zero-order valence-corrected chi connectivity index (χ0v) is 17.2. The van der Waals surface area contributed by atoms with E-state index in [0.29, 0.717) is 48.7 Å². The summed E-state index contributed by atoms with van der Waals surface area (Å²) >= 11 is 6.29. The third kappa shape index (κ3) is 3.51. The van der Waals surface area contributed by atoms with Crippen molar-refractivity contribution in [3.05, 3.63) is 27.8 Å². The standard InChI is InChI=1S/C19H26ClNO4S/c1-4-5-10-26(23,24)21-8-6-19(7-9-21)12-15(22)17-14(3)18(20)13(2)11-16(17)25-19/h11H,4-10,12H2,1-3H3. The first-order valence-corrected chi connectivity index (χ1v) is 11.2. The maximum Gasteiger partial charge on any atom is 0.214 e. The van der Waals surface area contributed by atoms with E-state index in [9.17, 15) is 13.2 Å². The molecule has 0 saturated carbocycles. The molecule has 0 unspecified atom stereocenters. The third-order valence-corrected chi connectivity index (χ3v) is 8.05. The molecule has 2 aliphatic rings. The predicted octanol–water partition coefficient (Wildman–Crippen LogP) is 3.89. The molecule has 0 aliphatic carbocycles. The van der Waals surface area contributed by atoms with Gasteiger partial charge in [-0.15, -0.1) is 0 Å². The van der Waals surface area contributed by atoms with Crippen LogP contribution in [0.25, 0.3) is 0 Å². The fraction of sp³-hybridized carbons (Fsp3) is 0.632. The largest absolute Gasteiger partial charge is 0.486 e. The van der Waals surface area contributed by atoms with Gasteiger partial charge in [-0.1, -0.05) is 24.9 Å². The molecule has 26 heavy (non-hydrogen) atoms. The van der Waals surface area contributed by atoms with E-state index in [-0.39, 0.29) is 18.0 Å². The number of nitrogens with zero attached hydrogens (tertiary/aromatic N) is 1. The molecule has 1 aromatic rings. The van der Waals surface area contributed by atoms with E-state index < -0.39 is 15.6 Å². The first-order valence-electron chi connectivity index (χ1n) is 9.19. The van der Waals surface area contributed by atoms with Crippen LogP contribution in [0.3, 0.4) is 0 Å². The lowest BCUT2D eigenvalue weighted by atomic mass is 9.82. The van der Waals surface area contributed by atoms with Gasteiger partial charge in [0.1, 0.15) is 11.4 Å². The zero-order chi connectivity index (χ0) is 19.1. The molecular weight excluding hydrogens is 374 g/mol. The number of carbonyl (C=O) groups is 1. The highest BCUT2D eigenvalue weighted by Crippen LogP contribution is 2.43. The quantitative estimate of drug-likeness (QED) is 0.770. The van der Waals surface area contributed by atoms with Crippen molar-refractivity contribution in [3.63, 3.8) is 0 Å². The highest BCUT2D eigenvalue weighted by molar-refractivity contribution is 7.89. The lowest BCUT2D eigenvalue weighted by Gasteiger charge is -2.44. The van der Waals surface area contributed by atoms with Crippen molar-refractivity contribution in [2.75, 3.05) is 18.8 Å². The SMILES string of the molecule is CCCCS(=O)(=O)N1CCC2(CC1)CC(=O)c1c(cc(C)c(Cl)c1C)O2. The van der Waals surface area contributed by atoms with Gasteiger partial charge in [0.2, 0.25) is 10.0 Å². The van der Waals surface area contributed by atoms with Crippen molar-refractivity contribution >= 4 is 27.4 Å². The first kappa shape index (κ1) is 19.6. The van der Waals surface area contributed by atoms with Crippen LogP contribution in [0, 0.1) is 13.8 Å². The Labute approximate surface area is 160 Å². The van der Waals surface area contributed by atoms with Crippen molar-refractivity contribution in [2.45, 2.75) is 58.5 Å². The lowest BCUT2D eigenvalue weighted by molar-refractivity contribution is 0.00578. The Morgan fingerprint density at radius 2 is 1.92 bits per heavy atom. The number of rotatable bonds is 4. The Bertz CT molecular complexity index is 826. The summed E-state index contributed by atoms with van der Waals surface area (Å²) in [4.78, 5) is 12.8. The normalized spacial score (nSPS) is 20.1. The molecule has 144 valence electrons. The molecule has 7 heteroatoms. The van der Waals surface area contributed by atoms with E-state index in [1.807, 2.05) is 26.8 Å².